The number of hydrogen-bond acceptors (Lipinski definition) is 4. The van der Waals surface area contributed by atoms with E-state index in [1.54, 1.807) is 29.0 Å². The van der Waals surface area contributed by atoms with Crippen LogP contribution in [-0.2, 0) is 9.59 Å². The minimum Gasteiger partial charge on any atom is -0.324 e. The summed E-state index contributed by atoms with van der Waals surface area (Å²) in [4.78, 5) is 33.3. The van der Waals surface area contributed by atoms with Crippen molar-refractivity contribution in [3.8, 4) is 0 Å². The Morgan fingerprint density at radius 1 is 1.15 bits per heavy atom. The fourth-order valence-electron chi connectivity index (χ4n) is 2.98. The molecular weight excluding hydrogens is 450 g/mol. The van der Waals surface area contributed by atoms with E-state index in [4.69, 9.17) is 11.6 Å². The number of anilines is 2. The molecule has 2 heterocycles. The number of rotatable bonds is 1. The van der Waals surface area contributed by atoms with Gasteiger partial charge in [-0.05, 0) is 54.2 Å². The van der Waals surface area contributed by atoms with Gasteiger partial charge < -0.3 is 9.80 Å². The third kappa shape index (κ3) is 3.09. The van der Waals surface area contributed by atoms with Gasteiger partial charge in [0.2, 0.25) is 0 Å². The molecule has 0 N–H and O–H groups in total. The quantitative estimate of drug-likeness (QED) is 0.583. The molecule has 0 bridgehead atoms. The van der Waals surface area contributed by atoms with Gasteiger partial charge >= 0.3 is 0 Å². The zero-order valence-electron chi connectivity index (χ0n) is 14.4. The summed E-state index contributed by atoms with van der Waals surface area (Å²) in [5.74, 6) is -0.607. The summed E-state index contributed by atoms with van der Waals surface area (Å²) in [6, 6.07) is 12.8. The molecule has 0 saturated heterocycles. The zero-order valence-corrected chi connectivity index (χ0v) is 17.5. The molecule has 0 aromatic heterocycles. The number of carbonyl (C=O) groups excluding carboxylic acids is 2. The van der Waals surface area contributed by atoms with Crippen LogP contribution >= 0.6 is 39.3 Å². The van der Waals surface area contributed by atoms with E-state index in [0.717, 1.165) is 21.4 Å². The number of amidine groups is 1. The summed E-state index contributed by atoms with van der Waals surface area (Å²) in [5, 5.41) is 1.15. The summed E-state index contributed by atoms with van der Waals surface area (Å²) >= 11 is 10.6. The second-order valence-corrected chi connectivity index (χ2v) is 8.40. The van der Waals surface area contributed by atoms with Gasteiger partial charge in [-0.25, -0.2) is 0 Å². The largest absolute Gasteiger partial charge is 0.324 e. The fraction of sp³-hybridized carbons (Fsp3) is 0.105. The third-order valence-corrected chi connectivity index (χ3v) is 6.30. The number of fused-ring (bicyclic) bond motifs is 1. The van der Waals surface area contributed by atoms with Crippen LogP contribution in [-0.4, -0.2) is 31.1 Å². The lowest BCUT2D eigenvalue weighted by Crippen LogP contribution is -2.22. The maximum absolute atomic E-state index is 12.8. The SMILES string of the molecule is CN(C1=NC(=O)C(=C2C(=O)N(C)c3ccc(Br)cc32)S1)c1ccc(Cl)cc1. The molecule has 0 saturated carbocycles. The normalized spacial score (nSPS) is 18.8. The molecule has 0 atom stereocenters. The van der Waals surface area contributed by atoms with E-state index in [2.05, 4.69) is 20.9 Å². The van der Waals surface area contributed by atoms with Crippen LogP contribution in [0, 0.1) is 0 Å². The van der Waals surface area contributed by atoms with Gasteiger partial charge in [0.25, 0.3) is 11.8 Å². The first-order chi connectivity index (χ1) is 12.9. The summed E-state index contributed by atoms with van der Waals surface area (Å²) in [7, 11) is 3.53. The molecule has 8 heteroatoms. The first-order valence-corrected chi connectivity index (χ1v) is 9.98. The molecule has 0 unspecified atom stereocenters. The van der Waals surface area contributed by atoms with Crippen LogP contribution in [0.2, 0.25) is 5.02 Å². The average molecular weight is 463 g/mol. The lowest BCUT2D eigenvalue weighted by Gasteiger charge is -2.17. The number of amides is 2. The molecule has 2 aliphatic heterocycles. The molecule has 2 aliphatic rings. The Hall–Kier alpha value is -2.09. The third-order valence-electron chi connectivity index (χ3n) is 4.42. The van der Waals surface area contributed by atoms with Gasteiger partial charge in [-0.15, -0.1) is 0 Å². The van der Waals surface area contributed by atoms with Crippen LogP contribution in [0.4, 0.5) is 11.4 Å². The smallest absolute Gasteiger partial charge is 0.287 e. The molecule has 0 spiro atoms. The summed E-state index contributed by atoms with van der Waals surface area (Å²) in [6.45, 7) is 0. The van der Waals surface area contributed by atoms with Gasteiger partial charge in [0, 0.05) is 34.8 Å². The van der Waals surface area contributed by atoms with E-state index in [1.165, 1.54) is 11.8 Å². The lowest BCUT2D eigenvalue weighted by molar-refractivity contribution is -0.115. The van der Waals surface area contributed by atoms with E-state index < -0.39 is 5.91 Å². The maximum Gasteiger partial charge on any atom is 0.287 e. The van der Waals surface area contributed by atoms with E-state index in [-0.39, 0.29) is 5.91 Å². The van der Waals surface area contributed by atoms with Crippen LogP contribution in [0.5, 0.6) is 0 Å². The second-order valence-electron chi connectivity index (χ2n) is 6.07. The van der Waals surface area contributed by atoms with Crippen LogP contribution in [0.25, 0.3) is 5.57 Å². The van der Waals surface area contributed by atoms with Crippen molar-refractivity contribution < 1.29 is 9.59 Å². The van der Waals surface area contributed by atoms with Crippen molar-refractivity contribution in [2.45, 2.75) is 0 Å². The molecule has 0 fully saturated rings. The first kappa shape index (κ1) is 18.3. The predicted octanol–water partition coefficient (Wildman–Crippen LogP) is 4.56. The number of likely N-dealkylation sites (N-methyl/N-ethyl adjacent to an activating group) is 1. The summed E-state index contributed by atoms with van der Waals surface area (Å²) in [5.41, 5.74) is 2.76. The molecule has 2 aromatic carbocycles. The highest BCUT2D eigenvalue weighted by atomic mass is 79.9. The highest BCUT2D eigenvalue weighted by Gasteiger charge is 2.38. The highest BCUT2D eigenvalue weighted by molar-refractivity contribution is 9.10. The van der Waals surface area contributed by atoms with Crippen molar-refractivity contribution >= 4 is 73.2 Å². The molecule has 27 heavy (non-hydrogen) atoms. The zero-order chi connectivity index (χ0) is 19.3. The highest BCUT2D eigenvalue weighted by Crippen LogP contribution is 2.44. The Kier molecular flexibility index (Phi) is 4.61. The Morgan fingerprint density at radius 3 is 2.56 bits per heavy atom. The van der Waals surface area contributed by atoms with Crippen molar-refractivity contribution in [1.29, 1.82) is 0 Å². The van der Waals surface area contributed by atoms with E-state index in [0.29, 0.717) is 20.7 Å². The molecule has 2 aromatic rings. The Morgan fingerprint density at radius 2 is 1.85 bits per heavy atom. The fourth-order valence-corrected chi connectivity index (χ4v) is 4.46. The van der Waals surface area contributed by atoms with E-state index in [1.807, 2.05) is 37.4 Å². The van der Waals surface area contributed by atoms with Gasteiger partial charge in [-0.2, -0.15) is 4.99 Å². The standard InChI is InChI=1S/C19H13BrClN3O2S/c1-23(12-6-4-11(21)5-7-12)19-22-17(25)16(27-19)15-13-9-10(20)3-8-14(13)24(2)18(15)26/h3-9H,1-2H3. The topological polar surface area (TPSA) is 53.0 Å². The van der Waals surface area contributed by atoms with Gasteiger partial charge in [0.1, 0.15) is 0 Å². The van der Waals surface area contributed by atoms with Crippen molar-refractivity contribution in [3.05, 3.63) is 62.4 Å². The molecule has 2 amide bonds. The van der Waals surface area contributed by atoms with Gasteiger partial charge in [-0.1, -0.05) is 27.5 Å². The molecule has 0 radical (unpaired) electrons. The minimum absolute atomic E-state index is 0.204. The summed E-state index contributed by atoms with van der Waals surface area (Å²) < 4.78 is 0.845. The Labute approximate surface area is 173 Å². The number of benzene rings is 2. The first-order valence-electron chi connectivity index (χ1n) is 7.99. The number of nitrogens with zero attached hydrogens (tertiary/aromatic N) is 3. The molecule has 136 valence electrons. The van der Waals surface area contributed by atoms with Crippen molar-refractivity contribution in [1.82, 2.24) is 0 Å². The average Bonchev–Trinajstić information content (AvgIpc) is 3.13. The summed E-state index contributed by atoms with van der Waals surface area (Å²) in [6.07, 6.45) is 0. The molecule has 4 rings (SSSR count). The van der Waals surface area contributed by atoms with Crippen LogP contribution < -0.4 is 9.80 Å². The van der Waals surface area contributed by atoms with Crippen LogP contribution in [0.1, 0.15) is 5.56 Å². The number of hydrogen-bond donors (Lipinski definition) is 0. The van der Waals surface area contributed by atoms with Crippen LogP contribution in [0.15, 0.2) is 56.8 Å². The number of thioether (sulfide) groups is 1. The Balaban J connectivity index is 1.73. The number of aliphatic imine (C=N–C) groups is 1. The van der Waals surface area contributed by atoms with Crippen molar-refractivity contribution in [2.75, 3.05) is 23.9 Å². The predicted molar refractivity (Wildman–Crippen MR) is 114 cm³/mol. The van der Waals surface area contributed by atoms with Gasteiger partial charge in [0.15, 0.2) is 5.17 Å². The van der Waals surface area contributed by atoms with E-state index in [9.17, 15) is 9.59 Å². The van der Waals surface area contributed by atoms with Crippen LogP contribution in [0.3, 0.4) is 0 Å². The lowest BCUT2D eigenvalue weighted by atomic mass is 10.1. The molecular formula is C19H13BrClN3O2S. The second kappa shape index (κ2) is 6.82. The van der Waals surface area contributed by atoms with Gasteiger partial charge in [-0.3, -0.25) is 9.59 Å². The van der Waals surface area contributed by atoms with E-state index >= 15 is 0 Å². The number of halogens is 2. The van der Waals surface area contributed by atoms with Crippen molar-refractivity contribution in [2.24, 2.45) is 4.99 Å². The Bertz CT molecular complexity index is 1050. The number of carbonyl (C=O) groups is 2. The maximum atomic E-state index is 12.8. The van der Waals surface area contributed by atoms with Gasteiger partial charge in [0.05, 0.1) is 16.2 Å². The monoisotopic (exact) mass is 461 g/mol. The molecule has 5 nitrogen and oxygen atoms in total. The molecule has 0 aliphatic carbocycles. The van der Waals surface area contributed by atoms with Crippen molar-refractivity contribution in [3.63, 3.8) is 0 Å². The minimum atomic E-state index is -0.402.